The summed E-state index contributed by atoms with van der Waals surface area (Å²) in [6.45, 7) is 1.62. The summed E-state index contributed by atoms with van der Waals surface area (Å²) in [6.07, 6.45) is 3.46. The minimum absolute atomic E-state index is 0.0267. The minimum Gasteiger partial charge on any atom is -0.504 e. The van der Waals surface area contributed by atoms with Gasteiger partial charge in [0.05, 0.1) is 7.11 Å². The average Bonchev–Trinajstić information content (AvgIpc) is 3.41. The zero-order valence-electron chi connectivity index (χ0n) is 17.1. The van der Waals surface area contributed by atoms with E-state index in [9.17, 15) is 15.0 Å². The number of methoxy groups -OCH3 is 1. The molecule has 0 atom stereocenters. The third-order valence-electron chi connectivity index (χ3n) is 5.14. The highest BCUT2D eigenvalue weighted by molar-refractivity contribution is 5.93. The third kappa shape index (κ3) is 3.07. The number of phenols is 1. The number of fused-ring (bicyclic) bond motifs is 1. The Bertz CT molecular complexity index is 1530. The molecule has 32 heavy (non-hydrogen) atoms. The number of hydrogen-bond acceptors (Lipinski definition) is 7. The van der Waals surface area contributed by atoms with Crippen molar-refractivity contribution in [2.75, 3.05) is 7.11 Å². The maximum Gasteiger partial charge on any atom is 0.227 e. The Morgan fingerprint density at radius 1 is 1.16 bits per heavy atom. The molecule has 0 bridgehead atoms. The topological polar surface area (TPSA) is 137 Å². The largest absolute Gasteiger partial charge is 0.504 e. The Labute approximate surface area is 181 Å². The summed E-state index contributed by atoms with van der Waals surface area (Å²) >= 11 is 0. The van der Waals surface area contributed by atoms with Gasteiger partial charge >= 0.3 is 0 Å². The van der Waals surface area contributed by atoms with Crippen LogP contribution in [0.25, 0.3) is 45.1 Å². The van der Waals surface area contributed by atoms with Gasteiger partial charge in [-0.15, -0.1) is 0 Å². The Morgan fingerprint density at radius 3 is 2.81 bits per heavy atom. The molecule has 0 saturated heterocycles. The maximum absolute atomic E-state index is 12.2. The summed E-state index contributed by atoms with van der Waals surface area (Å²) in [6, 6.07) is 9.69. The van der Waals surface area contributed by atoms with E-state index in [-0.39, 0.29) is 17.3 Å². The molecule has 4 heterocycles. The fraction of sp³-hybridized carbons (Fsp3) is 0.0870. The summed E-state index contributed by atoms with van der Waals surface area (Å²) < 4.78 is 10.9. The Balaban J connectivity index is 1.80. The van der Waals surface area contributed by atoms with Crippen LogP contribution < -0.4 is 10.2 Å². The van der Waals surface area contributed by atoms with Crippen molar-refractivity contribution < 1.29 is 19.4 Å². The first-order valence-corrected chi connectivity index (χ1v) is 9.70. The van der Waals surface area contributed by atoms with Gasteiger partial charge in [0.25, 0.3) is 0 Å². The van der Waals surface area contributed by atoms with Gasteiger partial charge in [0, 0.05) is 35.0 Å². The Hall–Kier alpha value is -4.53. The number of aromatic nitrogens is 4. The van der Waals surface area contributed by atoms with E-state index in [1.807, 2.05) is 12.1 Å². The molecule has 5 rings (SSSR count). The molecule has 9 nitrogen and oxygen atoms in total. The second-order valence-corrected chi connectivity index (χ2v) is 7.20. The zero-order valence-corrected chi connectivity index (χ0v) is 17.1. The second-order valence-electron chi connectivity index (χ2n) is 7.20. The second kappa shape index (κ2) is 7.31. The molecule has 0 amide bonds. The van der Waals surface area contributed by atoms with Crippen molar-refractivity contribution in [1.82, 2.24) is 19.9 Å². The predicted octanol–water partition coefficient (Wildman–Crippen LogP) is 3.97. The van der Waals surface area contributed by atoms with E-state index < -0.39 is 11.2 Å². The molecular formula is C23H18N4O5. The van der Waals surface area contributed by atoms with Crippen LogP contribution in [0.5, 0.6) is 17.2 Å². The van der Waals surface area contributed by atoms with E-state index in [0.29, 0.717) is 34.2 Å². The minimum atomic E-state index is -0.564. The van der Waals surface area contributed by atoms with Gasteiger partial charge in [-0.3, -0.25) is 4.79 Å². The van der Waals surface area contributed by atoms with Gasteiger partial charge in [-0.25, -0.2) is 9.97 Å². The van der Waals surface area contributed by atoms with E-state index in [1.165, 1.54) is 19.2 Å². The number of hydrogen-bond donors (Lipinski definition) is 4. The van der Waals surface area contributed by atoms with Gasteiger partial charge in [0.1, 0.15) is 28.6 Å². The van der Waals surface area contributed by atoms with Crippen LogP contribution in [0.2, 0.25) is 0 Å². The van der Waals surface area contributed by atoms with Crippen LogP contribution in [0, 0.1) is 6.92 Å². The lowest BCUT2D eigenvalue weighted by Gasteiger charge is -2.08. The van der Waals surface area contributed by atoms with E-state index in [1.54, 1.807) is 31.5 Å². The van der Waals surface area contributed by atoms with Crippen molar-refractivity contribution in [2.45, 2.75) is 6.92 Å². The molecule has 0 saturated carbocycles. The van der Waals surface area contributed by atoms with Gasteiger partial charge in [-0.05, 0) is 37.3 Å². The van der Waals surface area contributed by atoms with Crippen molar-refractivity contribution in [3.63, 3.8) is 0 Å². The summed E-state index contributed by atoms with van der Waals surface area (Å²) in [4.78, 5) is 27.6. The first kappa shape index (κ1) is 19.4. The number of ether oxygens (including phenoxy) is 1. The monoisotopic (exact) mass is 430 g/mol. The lowest BCUT2D eigenvalue weighted by Crippen LogP contribution is -2.01. The highest BCUT2D eigenvalue weighted by Gasteiger charge is 2.23. The number of pyridine rings is 1. The number of imidazole rings is 1. The molecule has 4 aromatic heterocycles. The van der Waals surface area contributed by atoms with Crippen LogP contribution in [0.3, 0.4) is 0 Å². The van der Waals surface area contributed by atoms with Crippen molar-refractivity contribution >= 4 is 11.0 Å². The molecule has 1 aromatic carbocycles. The van der Waals surface area contributed by atoms with Crippen molar-refractivity contribution in [3.05, 3.63) is 64.8 Å². The molecule has 0 aliphatic heterocycles. The number of aromatic hydroxyl groups is 2. The quantitative estimate of drug-likeness (QED) is 0.338. The molecule has 0 radical (unpaired) electrons. The molecule has 0 fully saturated rings. The fourth-order valence-corrected chi connectivity index (χ4v) is 3.62. The fourth-order valence-electron chi connectivity index (χ4n) is 3.62. The van der Waals surface area contributed by atoms with Crippen LogP contribution in [-0.4, -0.2) is 37.3 Å². The number of nitrogens with zero attached hydrogens (tertiary/aromatic N) is 2. The zero-order chi connectivity index (χ0) is 22.4. The molecular weight excluding hydrogens is 412 g/mol. The van der Waals surface area contributed by atoms with E-state index in [4.69, 9.17) is 14.1 Å². The summed E-state index contributed by atoms with van der Waals surface area (Å²) in [5.41, 5.74) is 2.17. The number of H-pyrrole nitrogens is 2. The molecule has 5 aromatic rings. The van der Waals surface area contributed by atoms with Gasteiger partial charge in [0.2, 0.25) is 11.2 Å². The number of phenolic OH excluding ortho intramolecular Hbond substituents is 1. The summed E-state index contributed by atoms with van der Waals surface area (Å²) in [5.74, 6) is 0.479. The van der Waals surface area contributed by atoms with E-state index in [2.05, 4.69) is 15.0 Å². The highest BCUT2D eigenvalue weighted by atomic mass is 16.5. The average molecular weight is 430 g/mol. The Morgan fingerprint density at radius 2 is 2.00 bits per heavy atom. The van der Waals surface area contributed by atoms with Gasteiger partial charge < -0.3 is 29.3 Å². The standard InChI is InChI=1S/C23H18N4O5/c1-11-8-16(29)20(30)21(32-11)19-18(12-5-6-15(28)17(9-12)31-2)26-23(27-19)14-10-25-22-13(14)4-3-7-24-22/h3-10,28,30H,1-2H3,(H,24,25)(H,26,27). The Kier molecular flexibility index (Phi) is 4.44. The van der Waals surface area contributed by atoms with Gasteiger partial charge in [0.15, 0.2) is 17.3 Å². The molecule has 0 aliphatic carbocycles. The summed E-state index contributed by atoms with van der Waals surface area (Å²) in [7, 11) is 1.44. The summed E-state index contributed by atoms with van der Waals surface area (Å²) in [5, 5.41) is 21.3. The molecule has 9 heteroatoms. The number of benzene rings is 1. The van der Waals surface area contributed by atoms with Crippen LogP contribution in [0.15, 0.2) is 58.0 Å². The smallest absolute Gasteiger partial charge is 0.227 e. The number of rotatable bonds is 4. The number of aromatic amines is 2. The van der Waals surface area contributed by atoms with E-state index in [0.717, 1.165) is 10.9 Å². The van der Waals surface area contributed by atoms with Crippen LogP contribution in [-0.2, 0) is 0 Å². The van der Waals surface area contributed by atoms with Crippen LogP contribution in [0.4, 0.5) is 0 Å². The first-order valence-electron chi connectivity index (χ1n) is 9.70. The SMILES string of the molecule is COc1cc(-c2nc(-c3c[nH]c4ncccc34)[nH]c2-c2oc(C)cc(=O)c2O)ccc1O. The molecule has 0 aliphatic rings. The molecule has 160 valence electrons. The number of nitrogens with one attached hydrogen (secondary N) is 2. The highest BCUT2D eigenvalue weighted by Crippen LogP contribution is 2.39. The molecule has 0 unspecified atom stereocenters. The van der Waals surface area contributed by atoms with Crippen LogP contribution >= 0.6 is 0 Å². The lowest BCUT2D eigenvalue weighted by atomic mass is 10.1. The van der Waals surface area contributed by atoms with Crippen LogP contribution in [0.1, 0.15) is 5.76 Å². The molecule has 0 spiro atoms. The number of aryl methyl sites for hydroxylation is 1. The van der Waals surface area contributed by atoms with Crippen molar-refractivity contribution in [3.8, 4) is 51.3 Å². The van der Waals surface area contributed by atoms with Gasteiger partial charge in [-0.2, -0.15) is 0 Å². The first-order chi connectivity index (χ1) is 15.5. The lowest BCUT2D eigenvalue weighted by molar-refractivity contribution is 0.373. The molecule has 4 N–H and O–H groups in total. The third-order valence-corrected chi connectivity index (χ3v) is 5.14. The van der Waals surface area contributed by atoms with Crippen molar-refractivity contribution in [2.24, 2.45) is 0 Å². The van der Waals surface area contributed by atoms with E-state index >= 15 is 0 Å². The predicted molar refractivity (Wildman–Crippen MR) is 118 cm³/mol. The van der Waals surface area contributed by atoms with Crippen molar-refractivity contribution in [1.29, 1.82) is 0 Å². The van der Waals surface area contributed by atoms with Gasteiger partial charge in [-0.1, -0.05) is 0 Å². The maximum atomic E-state index is 12.2. The normalized spacial score (nSPS) is 11.2.